The number of nitrogens with two attached hydrogens (primary N) is 1. The maximum absolute atomic E-state index is 12.2. The zero-order valence-electron chi connectivity index (χ0n) is 11.1. The standard InChI is InChI=1S/C13H21N3O2S/c1-10-6-7-11(8-10)9-15-19(17,18)13-5-3-2-4-12(13)16-14/h2-5,10-11,15-16H,6-9,14H2,1H3. The molecular formula is C13H21N3O2S. The monoisotopic (exact) mass is 283 g/mol. The molecule has 2 rings (SSSR count). The first kappa shape index (κ1) is 14.3. The van der Waals surface area contributed by atoms with Gasteiger partial charge in [-0.15, -0.1) is 0 Å². The molecule has 0 heterocycles. The number of rotatable bonds is 5. The maximum Gasteiger partial charge on any atom is 0.242 e. The Morgan fingerprint density at radius 2 is 2.05 bits per heavy atom. The summed E-state index contributed by atoms with van der Waals surface area (Å²) in [6.07, 6.45) is 3.38. The molecule has 6 heteroatoms. The predicted molar refractivity (Wildman–Crippen MR) is 75.9 cm³/mol. The third-order valence-electron chi connectivity index (χ3n) is 3.70. The molecule has 1 aliphatic rings. The first-order chi connectivity index (χ1) is 9.03. The van der Waals surface area contributed by atoms with Crippen LogP contribution in [0.25, 0.3) is 0 Å². The van der Waals surface area contributed by atoms with Crippen molar-refractivity contribution in [3.8, 4) is 0 Å². The van der Waals surface area contributed by atoms with E-state index in [1.54, 1.807) is 24.3 Å². The summed E-state index contributed by atoms with van der Waals surface area (Å²) >= 11 is 0. The number of nitrogens with one attached hydrogen (secondary N) is 2. The van der Waals surface area contributed by atoms with Gasteiger partial charge in [-0.25, -0.2) is 13.1 Å². The van der Waals surface area contributed by atoms with Crippen molar-refractivity contribution in [1.29, 1.82) is 0 Å². The second-order valence-corrected chi connectivity index (χ2v) is 7.01. The molecule has 4 N–H and O–H groups in total. The summed E-state index contributed by atoms with van der Waals surface area (Å²) in [5, 5.41) is 0. The summed E-state index contributed by atoms with van der Waals surface area (Å²) in [5.74, 6) is 6.49. The molecule has 0 aliphatic heterocycles. The molecule has 0 amide bonds. The highest BCUT2D eigenvalue weighted by atomic mass is 32.2. The summed E-state index contributed by atoms with van der Waals surface area (Å²) in [6.45, 7) is 2.72. The molecule has 0 radical (unpaired) electrons. The van der Waals surface area contributed by atoms with Crippen LogP contribution in [0.3, 0.4) is 0 Å². The van der Waals surface area contributed by atoms with E-state index in [1.807, 2.05) is 0 Å². The van der Waals surface area contributed by atoms with E-state index in [-0.39, 0.29) is 4.90 Å². The summed E-state index contributed by atoms with van der Waals surface area (Å²) < 4.78 is 27.2. The van der Waals surface area contributed by atoms with E-state index in [2.05, 4.69) is 17.1 Å². The van der Waals surface area contributed by atoms with Crippen LogP contribution >= 0.6 is 0 Å². The number of hydrogen-bond acceptors (Lipinski definition) is 4. The fourth-order valence-corrected chi connectivity index (χ4v) is 3.92. The maximum atomic E-state index is 12.2. The SMILES string of the molecule is CC1CCC(CNS(=O)(=O)c2ccccc2NN)C1. The van der Waals surface area contributed by atoms with Gasteiger partial charge in [0.15, 0.2) is 0 Å². The molecule has 2 atom stereocenters. The molecule has 2 unspecified atom stereocenters. The van der Waals surface area contributed by atoms with Gasteiger partial charge >= 0.3 is 0 Å². The van der Waals surface area contributed by atoms with Crippen molar-refractivity contribution in [1.82, 2.24) is 4.72 Å². The third kappa shape index (κ3) is 3.46. The molecule has 1 aromatic carbocycles. The van der Waals surface area contributed by atoms with Crippen molar-refractivity contribution in [2.45, 2.75) is 31.1 Å². The van der Waals surface area contributed by atoms with Gasteiger partial charge in [0.25, 0.3) is 0 Å². The van der Waals surface area contributed by atoms with Crippen LogP contribution in [0.15, 0.2) is 29.2 Å². The van der Waals surface area contributed by atoms with Crippen molar-refractivity contribution in [2.75, 3.05) is 12.0 Å². The number of nitrogen functional groups attached to an aromatic ring is 1. The minimum absolute atomic E-state index is 0.198. The van der Waals surface area contributed by atoms with E-state index < -0.39 is 10.0 Å². The molecule has 1 aliphatic carbocycles. The molecule has 5 nitrogen and oxygen atoms in total. The van der Waals surface area contributed by atoms with Crippen LogP contribution in [0.4, 0.5) is 5.69 Å². The van der Waals surface area contributed by atoms with Crippen molar-refractivity contribution < 1.29 is 8.42 Å². The van der Waals surface area contributed by atoms with Crippen molar-refractivity contribution >= 4 is 15.7 Å². The van der Waals surface area contributed by atoms with E-state index >= 15 is 0 Å². The van der Waals surface area contributed by atoms with E-state index in [1.165, 1.54) is 6.42 Å². The highest BCUT2D eigenvalue weighted by Gasteiger charge is 2.24. The average molecular weight is 283 g/mol. The lowest BCUT2D eigenvalue weighted by Crippen LogP contribution is -2.29. The molecule has 0 saturated heterocycles. The van der Waals surface area contributed by atoms with Crippen LogP contribution < -0.4 is 16.0 Å². The predicted octanol–water partition coefficient (Wildman–Crippen LogP) is 1.69. The van der Waals surface area contributed by atoms with Gasteiger partial charge in [-0.05, 0) is 36.8 Å². The second kappa shape index (κ2) is 5.90. The molecular weight excluding hydrogens is 262 g/mol. The lowest BCUT2D eigenvalue weighted by Gasteiger charge is -2.13. The lowest BCUT2D eigenvalue weighted by molar-refractivity contribution is 0.498. The highest BCUT2D eigenvalue weighted by Crippen LogP contribution is 2.30. The Hall–Kier alpha value is -1.11. The largest absolute Gasteiger partial charge is 0.323 e. The molecule has 1 aromatic rings. The normalized spacial score (nSPS) is 23.5. The lowest BCUT2D eigenvalue weighted by atomic mass is 10.1. The number of benzene rings is 1. The summed E-state index contributed by atoms with van der Waals surface area (Å²) in [7, 11) is -3.50. The number of anilines is 1. The fourth-order valence-electron chi connectivity index (χ4n) is 2.64. The van der Waals surface area contributed by atoms with Crippen LogP contribution in [0.5, 0.6) is 0 Å². The van der Waals surface area contributed by atoms with Gasteiger partial charge in [-0.3, -0.25) is 5.84 Å². The summed E-state index contributed by atoms with van der Waals surface area (Å²) in [5.41, 5.74) is 2.83. The first-order valence-electron chi connectivity index (χ1n) is 6.58. The second-order valence-electron chi connectivity index (χ2n) is 5.28. The van der Waals surface area contributed by atoms with E-state index in [0.29, 0.717) is 24.1 Å². The van der Waals surface area contributed by atoms with Crippen LogP contribution in [0.2, 0.25) is 0 Å². The minimum atomic E-state index is -3.50. The zero-order valence-corrected chi connectivity index (χ0v) is 11.9. The van der Waals surface area contributed by atoms with Crippen LogP contribution in [-0.4, -0.2) is 15.0 Å². The summed E-state index contributed by atoms with van der Waals surface area (Å²) in [6, 6.07) is 6.63. The van der Waals surface area contributed by atoms with Gasteiger partial charge in [0, 0.05) is 6.54 Å². The molecule has 0 aromatic heterocycles. The molecule has 0 bridgehead atoms. The zero-order chi connectivity index (χ0) is 13.9. The van der Waals surface area contributed by atoms with Gasteiger partial charge in [-0.2, -0.15) is 0 Å². The number of hydrazine groups is 1. The molecule has 106 valence electrons. The summed E-state index contributed by atoms with van der Waals surface area (Å²) in [4.78, 5) is 0.198. The van der Waals surface area contributed by atoms with Gasteiger partial charge in [0.1, 0.15) is 4.90 Å². The van der Waals surface area contributed by atoms with Crippen LogP contribution in [0, 0.1) is 11.8 Å². The molecule has 0 spiro atoms. The van der Waals surface area contributed by atoms with Gasteiger partial charge in [0.2, 0.25) is 10.0 Å². The number of hydrogen-bond donors (Lipinski definition) is 3. The van der Waals surface area contributed by atoms with Gasteiger partial charge in [-0.1, -0.05) is 25.5 Å². The number of para-hydroxylation sites is 1. The Balaban J connectivity index is 2.06. The Morgan fingerprint density at radius 3 is 2.68 bits per heavy atom. The smallest absolute Gasteiger partial charge is 0.242 e. The van der Waals surface area contributed by atoms with Crippen LogP contribution in [0.1, 0.15) is 26.2 Å². The van der Waals surface area contributed by atoms with Crippen LogP contribution in [-0.2, 0) is 10.0 Å². The Bertz CT molecular complexity index is 530. The topological polar surface area (TPSA) is 84.2 Å². The Morgan fingerprint density at radius 1 is 1.32 bits per heavy atom. The Kier molecular flexibility index (Phi) is 4.44. The van der Waals surface area contributed by atoms with E-state index in [9.17, 15) is 8.42 Å². The molecule has 1 fully saturated rings. The van der Waals surface area contributed by atoms with Crippen molar-refractivity contribution in [3.63, 3.8) is 0 Å². The Labute approximate surface area is 114 Å². The quantitative estimate of drug-likeness (QED) is 0.567. The third-order valence-corrected chi connectivity index (χ3v) is 5.18. The van der Waals surface area contributed by atoms with Gasteiger partial charge in [0.05, 0.1) is 5.69 Å². The minimum Gasteiger partial charge on any atom is -0.323 e. The highest BCUT2D eigenvalue weighted by molar-refractivity contribution is 7.89. The van der Waals surface area contributed by atoms with Gasteiger partial charge < -0.3 is 5.43 Å². The van der Waals surface area contributed by atoms with E-state index in [0.717, 1.165) is 12.8 Å². The molecule has 1 saturated carbocycles. The first-order valence-corrected chi connectivity index (χ1v) is 8.06. The fraction of sp³-hybridized carbons (Fsp3) is 0.538. The number of sulfonamides is 1. The van der Waals surface area contributed by atoms with E-state index in [4.69, 9.17) is 5.84 Å². The van der Waals surface area contributed by atoms with Crippen molar-refractivity contribution in [3.05, 3.63) is 24.3 Å². The average Bonchev–Trinajstić information content (AvgIpc) is 2.82. The van der Waals surface area contributed by atoms with Crippen molar-refractivity contribution in [2.24, 2.45) is 17.7 Å². The molecule has 19 heavy (non-hydrogen) atoms.